The van der Waals surface area contributed by atoms with Crippen LogP contribution >= 0.6 is 0 Å². The molecule has 0 fully saturated rings. The van der Waals surface area contributed by atoms with Crippen LogP contribution in [0.15, 0.2) is 30.3 Å². The zero-order chi connectivity index (χ0) is 15.6. The van der Waals surface area contributed by atoms with Crippen LogP contribution in [0, 0.1) is 26.6 Å². The summed E-state index contributed by atoms with van der Waals surface area (Å²) in [6.45, 7) is 11.0. The van der Waals surface area contributed by atoms with Gasteiger partial charge in [-0.1, -0.05) is 38.1 Å². The predicted molar refractivity (Wildman–Crippen MR) is 88.0 cm³/mol. The van der Waals surface area contributed by atoms with Crippen molar-refractivity contribution in [1.82, 2.24) is 5.32 Å². The molecular formula is C19H24FN. The first-order valence-corrected chi connectivity index (χ1v) is 7.48. The molecular weight excluding hydrogens is 261 g/mol. The molecule has 1 N–H and O–H groups in total. The third kappa shape index (κ3) is 3.70. The van der Waals surface area contributed by atoms with Gasteiger partial charge in [0.15, 0.2) is 0 Å². The summed E-state index contributed by atoms with van der Waals surface area (Å²) in [6, 6.07) is 10.4. The Morgan fingerprint density at radius 2 is 1.71 bits per heavy atom. The molecule has 0 bridgehead atoms. The molecule has 0 amide bonds. The molecule has 0 saturated carbocycles. The van der Waals surface area contributed by atoms with Gasteiger partial charge in [0, 0.05) is 18.2 Å². The van der Waals surface area contributed by atoms with E-state index in [-0.39, 0.29) is 5.82 Å². The van der Waals surface area contributed by atoms with Gasteiger partial charge in [-0.05, 0) is 54.7 Å². The summed E-state index contributed by atoms with van der Waals surface area (Å²) in [7, 11) is 0. The summed E-state index contributed by atoms with van der Waals surface area (Å²) in [5.74, 6) is -0.136. The van der Waals surface area contributed by atoms with Crippen molar-refractivity contribution in [3.63, 3.8) is 0 Å². The number of hydrogen-bond acceptors (Lipinski definition) is 1. The molecule has 0 radical (unpaired) electrons. The lowest BCUT2D eigenvalue weighted by molar-refractivity contribution is 0.588. The van der Waals surface area contributed by atoms with Crippen LogP contribution in [0.2, 0.25) is 0 Å². The fourth-order valence-corrected chi connectivity index (χ4v) is 2.70. The second-order valence-corrected chi connectivity index (χ2v) is 6.12. The van der Waals surface area contributed by atoms with Gasteiger partial charge in [-0.25, -0.2) is 4.39 Å². The second kappa shape index (κ2) is 6.40. The van der Waals surface area contributed by atoms with Crippen molar-refractivity contribution >= 4 is 0 Å². The van der Waals surface area contributed by atoms with E-state index in [4.69, 9.17) is 0 Å². The normalized spacial score (nSPS) is 11.2. The van der Waals surface area contributed by atoms with E-state index >= 15 is 0 Å². The molecule has 112 valence electrons. The third-order valence-corrected chi connectivity index (χ3v) is 3.71. The molecule has 2 aromatic rings. The SMILES string of the molecule is Cc1cc(C)c(-c2ccc(CNC(C)C)cc2C)c(F)c1. The molecule has 2 rings (SSSR count). The van der Waals surface area contributed by atoms with Gasteiger partial charge in [-0.15, -0.1) is 0 Å². The maximum atomic E-state index is 14.3. The third-order valence-electron chi connectivity index (χ3n) is 3.71. The van der Waals surface area contributed by atoms with Crippen molar-refractivity contribution in [3.05, 3.63) is 58.4 Å². The Morgan fingerprint density at radius 3 is 2.29 bits per heavy atom. The van der Waals surface area contributed by atoms with Gasteiger partial charge in [-0.3, -0.25) is 0 Å². The minimum absolute atomic E-state index is 0.136. The van der Waals surface area contributed by atoms with Crippen LogP contribution in [0.1, 0.15) is 36.1 Å². The Labute approximate surface area is 127 Å². The van der Waals surface area contributed by atoms with Crippen molar-refractivity contribution in [1.29, 1.82) is 0 Å². The first-order valence-electron chi connectivity index (χ1n) is 7.48. The second-order valence-electron chi connectivity index (χ2n) is 6.12. The molecule has 0 aliphatic heterocycles. The van der Waals surface area contributed by atoms with E-state index in [1.165, 1.54) is 5.56 Å². The minimum atomic E-state index is -0.136. The quantitative estimate of drug-likeness (QED) is 0.841. The first kappa shape index (κ1) is 15.7. The monoisotopic (exact) mass is 285 g/mol. The molecule has 0 atom stereocenters. The van der Waals surface area contributed by atoms with E-state index in [0.29, 0.717) is 6.04 Å². The fourth-order valence-electron chi connectivity index (χ4n) is 2.70. The highest BCUT2D eigenvalue weighted by atomic mass is 19.1. The molecule has 2 aromatic carbocycles. The zero-order valence-corrected chi connectivity index (χ0v) is 13.5. The maximum absolute atomic E-state index is 14.3. The van der Waals surface area contributed by atoms with Crippen molar-refractivity contribution in [2.45, 2.75) is 47.2 Å². The average Bonchev–Trinajstić information content (AvgIpc) is 2.37. The van der Waals surface area contributed by atoms with E-state index in [2.05, 4.69) is 31.3 Å². The van der Waals surface area contributed by atoms with Crippen LogP contribution in [0.3, 0.4) is 0 Å². The van der Waals surface area contributed by atoms with Crippen LogP contribution < -0.4 is 5.32 Å². The van der Waals surface area contributed by atoms with Crippen LogP contribution in [0.25, 0.3) is 11.1 Å². The highest BCUT2D eigenvalue weighted by Gasteiger charge is 2.12. The maximum Gasteiger partial charge on any atom is 0.131 e. The molecule has 0 aliphatic carbocycles. The summed E-state index contributed by atoms with van der Waals surface area (Å²) in [4.78, 5) is 0. The highest BCUT2D eigenvalue weighted by molar-refractivity contribution is 5.71. The van der Waals surface area contributed by atoms with Crippen LogP contribution in [0.4, 0.5) is 4.39 Å². The lowest BCUT2D eigenvalue weighted by Crippen LogP contribution is -2.21. The van der Waals surface area contributed by atoms with E-state index < -0.39 is 0 Å². The summed E-state index contributed by atoms with van der Waals surface area (Å²) in [6.07, 6.45) is 0. The molecule has 0 unspecified atom stereocenters. The first-order chi connectivity index (χ1) is 9.88. The number of benzene rings is 2. The van der Waals surface area contributed by atoms with Crippen molar-refractivity contribution in [3.8, 4) is 11.1 Å². The zero-order valence-electron chi connectivity index (χ0n) is 13.5. The molecule has 0 heterocycles. The Balaban J connectivity index is 2.38. The molecule has 0 aromatic heterocycles. The van der Waals surface area contributed by atoms with Crippen molar-refractivity contribution < 1.29 is 4.39 Å². The lowest BCUT2D eigenvalue weighted by atomic mass is 9.93. The van der Waals surface area contributed by atoms with Crippen molar-refractivity contribution in [2.75, 3.05) is 0 Å². The number of rotatable bonds is 4. The van der Waals surface area contributed by atoms with Crippen molar-refractivity contribution in [2.24, 2.45) is 0 Å². The van der Waals surface area contributed by atoms with Crippen LogP contribution in [0.5, 0.6) is 0 Å². The fraction of sp³-hybridized carbons (Fsp3) is 0.368. The Morgan fingerprint density at radius 1 is 1.00 bits per heavy atom. The van der Waals surface area contributed by atoms with Gasteiger partial charge in [0.1, 0.15) is 5.82 Å². The lowest BCUT2D eigenvalue weighted by Gasteiger charge is -2.14. The van der Waals surface area contributed by atoms with Gasteiger partial charge >= 0.3 is 0 Å². The van der Waals surface area contributed by atoms with Gasteiger partial charge in [-0.2, -0.15) is 0 Å². The average molecular weight is 285 g/mol. The summed E-state index contributed by atoms with van der Waals surface area (Å²) >= 11 is 0. The van der Waals surface area contributed by atoms with Crippen LogP contribution in [-0.4, -0.2) is 6.04 Å². The summed E-state index contributed by atoms with van der Waals surface area (Å²) in [5.41, 5.74) is 6.01. The van der Waals surface area contributed by atoms with E-state index in [9.17, 15) is 4.39 Å². The minimum Gasteiger partial charge on any atom is -0.310 e. The smallest absolute Gasteiger partial charge is 0.131 e. The Kier molecular flexibility index (Phi) is 4.79. The molecule has 2 heteroatoms. The summed E-state index contributed by atoms with van der Waals surface area (Å²) in [5, 5.41) is 3.40. The topological polar surface area (TPSA) is 12.0 Å². The number of nitrogens with one attached hydrogen (secondary N) is 1. The molecule has 0 spiro atoms. The standard InChI is InChI=1S/C19H24FN/c1-12(2)21-11-16-6-7-17(14(4)10-16)19-15(5)8-13(3)9-18(19)20/h6-10,12,21H,11H2,1-5H3. The number of hydrogen-bond donors (Lipinski definition) is 1. The number of halogens is 1. The van der Waals surface area contributed by atoms with Gasteiger partial charge < -0.3 is 5.32 Å². The summed E-state index contributed by atoms with van der Waals surface area (Å²) < 4.78 is 14.3. The Hall–Kier alpha value is -1.67. The van der Waals surface area contributed by atoms with Crippen LogP contribution in [-0.2, 0) is 6.54 Å². The predicted octanol–water partition coefficient (Wildman–Crippen LogP) is 4.92. The van der Waals surface area contributed by atoms with Gasteiger partial charge in [0.25, 0.3) is 0 Å². The van der Waals surface area contributed by atoms with E-state index in [1.807, 2.05) is 32.9 Å². The molecule has 0 saturated heterocycles. The van der Waals surface area contributed by atoms with Gasteiger partial charge in [0.2, 0.25) is 0 Å². The largest absolute Gasteiger partial charge is 0.310 e. The molecule has 1 nitrogen and oxygen atoms in total. The van der Waals surface area contributed by atoms with E-state index in [1.54, 1.807) is 6.07 Å². The van der Waals surface area contributed by atoms with Gasteiger partial charge in [0.05, 0.1) is 0 Å². The number of aryl methyl sites for hydroxylation is 3. The molecule has 21 heavy (non-hydrogen) atoms. The molecule has 0 aliphatic rings. The Bertz CT molecular complexity index is 621. The highest BCUT2D eigenvalue weighted by Crippen LogP contribution is 2.30. The van der Waals surface area contributed by atoms with E-state index in [0.717, 1.165) is 34.4 Å².